The van der Waals surface area contributed by atoms with Crippen LogP contribution in [-0.2, 0) is 0 Å². The van der Waals surface area contributed by atoms with Gasteiger partial charge in [-0.1, -0.05) is 97.1 Å². The van der Waals surface area contributed by atoms with Crippen LogP contribution >= 0.6 is 0 Å². The van der Waals surface area contributed by atoms with Gasteiger partial charge in [0, 0.05) is 33.5 Å². The number of imidazole rings is 1. The van der Waals surface area contributed by atoms with E-state index in [1.165, 1.54) is 0 Å². The Balaban J connectivity index is 1.11. The SMILES string of the molecule is c1ccc(-c2nc(-c3ccccc3)nc(-c3ccc(-n4c(-c5ccc(-c6nc7ccccc7o6)cc5)nc5ccccc54)cc3)n2)cc1. The van der Waals surface area contributed by atoms with E-state index in [4.69, 9.17) is 24.4 Å². The van der Waals surface area contributed by atoms with Gasteiger partial charge in [0.05, 0.1) is 11.0 Å². The first kappa shape index (κ1) is 27.6. The second-order valence-corrected chi connectivity index (χ2v) is 11.4. The number of oxazole rings is 1. The first-order chi connectivity index (χ1) is 23.8. The molecule has 0 aliphatic rings. The predicted octanol–water partition coefficient (Wildman–Crippen LogP) is 9.69. The highest BCUT2D eigenvalue weighted by Gasteiger charge is 2.17. The van der Waals surface area contributed by atoms with E-state index in [0.29, 0.717) is 23.4 Å². The molecule has 226 valence electrons. The fourth-order valence-electron chi connectivity index (χ4n) is 5.94. The summed E-state index contributed by atoms with van der Waals surface area (Å²) < 4.78 is 8.19. The maximum Gasteiger partial charge on any atom is 0.227 e. The Kier molecular flexibility index (Phi) is 6.64. The molecule has 9 rings (SSSR count). The lowest BCUT2D eigenvalue weighted by molar-refractivity contribution is 0.620. The summed E-state index contributed by atoms with van der Waals surface area (Å²) >= 11 is 0. The standard InChI is InChI=1S/C41H26N6O/c1-3-11-27(12-4-1)37-44-38(28-13-5-2-6-14-28)46-39(45-37)29-23-25-32(26-24-29)47-35-17-9-7-15-33(35)42-40(47)30-19-21-31(22-20-30)41-43-34-16-8-10-18-36(34)48-41/h1-26H. The molecule has 6 aromatic carbocycles. The van der Waals surface area contributed by atoms with E-state index in [-0.39, 0.29) is 0 Å². The third-order valence-corrected chi connectivity index (χ3v) is 8.33. The van der Waals surface area contributed by atoms with Crippen LogP contribution in [0.25, 0.3) is 84.8 Å². The summed E-state index contributed by atoms with van der Waals surface area (Å²) in [7, 11) is 0. The Hall–Kier alpha value is -6.73. The summed E-state index contributed by atoms with van der Waals surface area (Å²) in [4.78, 5) is 24.3. The average Bonchev–Trinajstić information content (AvgIpc) is 3.78. The molecule has 48 heavy (non-hydrogen) atoms. The number of aromatic nitrogens is 6. The van der Waals surface area contributed by atoms with Crippen LogP contribution in [0.15, 0.2) is 162 Å². The van der Waals surface area contributed by atoms with Crippen LogP contribution in [0.1, 0.15) is 0 Å². The quantitative estimate of drug-likeness (QED) is 0.185. The van der Waals surface area contributed by atoms with Crippen LogP contribution < -0.4 is 0 Å². The zero-order valence-corrected chi connectivity index (χ0v) is 25.6. The van der Waals surface area contributed by atoms with Crippen molar-refractivity contribution < 1.29 is 4.42 Å². The van der Waals surface area contributed by atoms with Gasteiger partial charge in [-0.3, -0.25) is 4.57 Å². The van der Waals surface area contributed by atoms with Gasteiger partial charge < -0.3 is 4.42 Å². The maximum absolute atomic E-state index is 6.01. The third-order valence-electron chi connectivity index (χ3n) is 8.33. The number of nitrogens with zero attached hydrogens (tertiary/aromatic N) is 6. The minimum absolute atomic E-state index is 0.594. The number of rotatable bonds is 6. The minimum atomic E-state index is 0.594. The van der Waals surface area contributed by atoms with E-state index in [2.05, 4.69) is 52.0 Å². The fraction of sp³-hybridized carbons (Fsp3) is 0. The molecule has 9 aromatic rings. The van der Waals surface area contributed by atoms with Gasteiger partial charge in [-0.2, -0.15) is 0 Å². The molecule has 0 spiro atoms. The molecule has 0 amide bonds. The summed E-state index contributed by atoms with van der Waals surface area (Å²) in [5.41, 5.74) is 9.17. The van der Waals surface area contributed by atoms with Gasteiger partial charge in [0.1, 0.15) is 11.3 Å². The van der Waals surface area contributed by atoms with Crippen molar-refractivity contribution in [3.05, 3.63) is 158 Å². The topological polar surface area (TPSA) is 82.5 Å². The van der Waals surface area contributed by atoms with Crippen molar-refractivity contribution in [3.63, 3.8) is 0 Å². The van der Waals surface area contributed by atoms with Gasteiger partial charge in [0.25, 0.3) is 0 Å². The molecule has 0 aliphatic heterocycles. The lowest BCUT2D eigenvalue weighted by Gasteiger charge is -2.12. The molecular weight excluding hydrogens is 592 g/mol. The largest absolute Gasteiger partial charge is 0.436 e. The predicted molar refractivity (Wildman–Crippen MR) is 189 cm³/mol. The molecule has 3 aromatic heterocycles. The summed E-state index contributed by atoms with van der Waals surface area (Å²) in [6.45, 7) is 0. The number of hydrogen-bond donors (Lipinski definition) is 0. The first-order valence-electron chi connectivity index (χ1n) is 15.7. The normalized spacial score (nSPS) is 11.3. The fourth-order valence-corrected chi connectivity index (χ4v) is 5.94. The van der Waals surface area contributed by atoms with Crippen LogP contribution in [0.5, 0.6) is 0 Å². The molecule has 0 fully saturated rings. The second-order valence-electron chi connectivity index (χ2n) is 11.4. The second kappa shape index (κ2) is 11.6. The van der Waals surface area contributed by atoms with Gasteiger partial charge in [0.2, 0.25) is 5.89 Å². The number of para-hydroxylation sites is 4. The molecule has 0 N–H and O–H groups in total. The summed E-state index contributed by atoms with van der Waals surface area (Å²) in [6.07, 6.45) is 0. The smallest absolute Gasteiger partial charge is 0.227 e. The molecule has 0 radical (unpaired) electrons. The Morgan fingerprint density at radius 1 is 0.375 bits per heavy atom. The number of benzene rings is 6. The molecule has 0 aliphatic carbocycles. The van der Waals surface area contributed by atoms with E-state index < -0.39 is 0 Å². The molecule has 0 unspecified atom stereocenters. The van der Waals surface area contributed by atoms with Crippen LogP contribution in [0, 0.1) is 0 Å². The van der Waals surface area contributed by atoms with Crippen molar-refractivity contribution >= 4 is 22.1 Å². The minimum Gasteiger partial charge on any atom is -0.436 e. The molecular formula is C41H26N6O. The summed E-state index contributed by atoms with van der Waals surface area (Å²) in [5.74, 6) is 3.31. The van der Waals surface area contributed by atoms with Crippen LogP contribution in [0.3, 0.4) is 0 Å². The van der Waals surface area contributed by atoms with Crippen molar-refractivity contribution in [1.82, 2.24) is 29.5 Å². The van der Waals surface area contributed by atoms with E-state index in [1.807, 2.05) is 115 Å². The van der Waals surface area contributed by atoms with Gasteiger partial charge in [-0.25, -0.2) is 24.9 Å². The molecule has 0 saturated carbocycles. The van der Waals surface area contributed by atoms with Gasteiger partial charge in [-0.05, 0) is 60.7 Å². The van der Waals surface area contributed by atoms with E-state index in [9.17, 15) is 0 Å². The van der Waals surface area contributed by atoms with Crippen LogP contribution in [0.4, 0.5) is 0 Å². The van der Waals surface area contributed by atoms with Crippen molar-refractivity contribution in [2.24, 2.45) is 0 Å². The Morgan fingerprint density at radius 3 is 1.50 bits per heavy atom. The highest BCUT2D eigenvalue weighted by atomic mass is 16.3. The zero-order valence-electron chi connectivity index (χ0n) is 25.6. The maximum atomic E-state index is 6.01. The van der Waals surface area contributed by atoms with Crippen molar-refractivity contribution in [2.45, 2.75) is 0 Å². The molecule has 0 atom stereocenters. The van der Waals surface area contributed by atoms with Crippen molar-refractivity contribution in [3.8, 4) is 62.7 Å². The van der Waals surface area contributed by atoms with Crippen molar-refractivity contribution in [2.75, 3.05) is 0 Å². The first-order valence-corrected chi connectivity index (χ1v) is 15.7. The van der Waals surface area contributed by atoms with Gasteiger partial charge in [0.15, 0.2) is 23.1 Å². The van der Waals surface area contributed by atoms with Crippen LogP contribution in [-0.4, -0.2) is 29.5 Å². The molecule has 0 saturated heterocycles. The van der Waals surface area contributed by atoms with E-state index >= 15 is 0 Å². The lowest BCUT2D eigenvalue weighted by Crippen LogP contribution is -2.01. The molecule has 0 bridgehead atoms. The summed E-state index contributed by atoms with van der Waals surface area (Å²) in [5, 5.41) is 0. The molecule has 7 nitrogen and oxygen atoms in total. The monoisotopic (exact) mass is 618 g/mol. The van der Waals surface area contributed by atoms with Crippen molar-refractivity contribution in [1.29, 1.82) is 0 Å². The van der Waals surface area contributed by atoms with E-state index in [1.54, 1.807) is 0 Å². The van der Waals surface area contributed by atoms with Gasteiger partial charge >= 0.3 is 0 Å². The summed E-state index contributed by atoms with van der Waals surface area (Å²) in [6, 6.07) is 52.5. The van der Waals surface area contributed by atoms with E-state index in [0.717, 1.165) is 61.5 Å². The Bertz CT molecular complexity index is 2450. The lowest BCUT2D eigenvalue weighted by atomic mass is 10.1. The zero-order chi connectivity index (χ0) is 31.9. The highest BCUT2D eigenvalue weighted by molar-refractivity contribution is 5.84. The Labute approximate surface area is 275 Å². The third kappa shape index (κ3) is 5.00. The van der Waals surface area contributed by atoms with Gasteiger partial charge in [-0.15, -0.1) is 0 Å². The average molecular weight is 619 g/mol. The number of fused-ring (bicyclic) bond motifs is 2. The molecule has 7 heteroatoms. The highest BCUT2D eigenvalue weighted by Crippen LogP contribution is 2.32. The number of hydrogen-bond acceptors (Lipinski definition) is 6. The molecule has 3 heterocycles. The Morgan fingerprint density at radius 2 is 0.875 bits per heavy atom. The van der Waals surface area contributed by atoms with Crippen LogP contribution in [0.2, 0.25) is 0 Å².